The van der Waals surface area contributed by atoms with Crippen molar-refractivity contribution in [3.05, 3.63) is 11.1 Å². The van der Waals surface area contributed by atoms with Crippen LogP contribution < -0.4 is 10.6 Å². The number of nitrogens with one attached hydrogen (secondary N) is 2. The molecule has 1 aliphatic rings. The molecule has 0 bridgehead atoms. The maximum absolute atomic E-state index is 11.7. The van der Waals surface area contributed by atoms with Crippen LogP contribution in [-0.2, 0) is 14.4 Å². The van der Waals surface area contributed by atoms with E-state index in [1.165, 1.54) is 0 Å². The highest BCUT2D eigenvalue weighted by Gasteiger charge is 2.30. The Balaban J connectivity index is 2.55. The highest BCUT2D eigenvalue weighted by Crippen LogP contribution is 2.12. The number of rotatable bonds is 5. The number of hydrogen-bond donors (Lipinski definition) is 3. The van der Waals surface area contributed by atoms with E-state index >= 15 is 0 Å². The predicted octanol–water partition coefficient (Wildman–Crippen LogP) is 0.133. The second-order valence-corrected chi connectivity index (χ2v) is 4.90. The van der Waals surface area contributed by atoms with Crippen molar-refractivity contribution in [2.24, 2.45) is 0 Å². The summed E-state index contributed by atoms with van der Waals surface area (Å²) in [4.78, 5) is 33.5. The predicted molar refractivity (Wildman–Crippen MR) is 63.4 cm³/mol. The fourth-order valence-electron chi connectivity index (χ4n) is 1.50. The van der Waals surface area contributed by atoms with E-state index in [4.69, 9.17) is 5.11 Å². The van der Waals surface area contributed by atoms with Gasteiger partial charge in [0.15, 0.2) is 0 Å². The number of amides is 2. The number of hydrogen-bond acceptors (Lipinski definition) is 3. The lowest BCUT2D eigenvalue weighted by atomic mass is 10.1. The molecule has 0 aromatic carbocycles. The van der Waals surface area contributed by atoms with Gasteiger partial charge in [-0.2, -0.15) is 0 Å². The second-order valence-electron chi connectivity index (χ2n) is 3.78. The van der Waals surface area contributed by atoms with Crippen LogP contribution in [0.15, 0.2) is 11.1 Å². The van der Waals surface area contributed by atoms with Crippen molar-refractivity contribution in [1.29, 1.82) is 0 Å². The van der Waals surface area contributed by atoms with Crippen LogP contribution in [0.4, 0.5) is 0 Å². The first kappa shape index (κ1) is 13.7. The molecule has 0 aromatic rings. The largest absolute Gasteiger partial charge is 0.480 e. The Kier molecular flexibility index (Phi) is 4.68. The smallest absolute Gasteiger partial charge is 0.326 e. The van der Waals surface area contributed by atoms with Gasteiger partial charge >= 0.3 is 5.97 Å². The number of carboxylic acids is 1. The van der Waals surface area contributed by atoms with Gasteiger partial charge in [-0.15, -0.1) is 0 Å². The third-order valence-electron chi connectivity index (χ3n) is 2.35. The van der Waals surface area contributed by atoms with Crippen molar-refractivity contribution in [2.45, 2.75) is 31.3 Å². The first-order chi connectivity index (χ1) is 7.90. The van der Waals surface area contributed by atoms with E-state index in [9.17, 15) is 14.4 Å². The van der Waals surface area contributed by atoms with E-state index in [1.807, 2.05) is 0 Å². The molecule has 17 heavy (non-hydrogen) atoms. The summed E-state index contributed by atoms with van der Waals surface area (Å²) in [6, 6.07) is -1.67. The zero-order chi connectivity index (χ0) is 13.0. The summed E-state index contributed by atoms with van der Waals surface area (Å²) in [5.41, 5.74) is 0. The molecule has 0 unspecified atom stereocenters. The summed E-state index contributed by atoms with van der Waals surface area (Å²) >= 11 is 3.05. The first-order valence-corrected chi connectivity index (χ1v) is 5.85. The van der Waals surface area contributed by atoms with Crippen LogP contribution in [0.25, 0.3) is 0 Å². The lowest BCUT2D eigenvalue weighted by Crippen LogP contribution is -2.48. The monoisotopic (exact) mass is 304 g/mol. The molecule has 2 atom stereocenters. The van der Waals surface area contributed by atoms with Crippen molar-refractivity contribution in [2.75, 3.05) is 0 Å². The van der Waals surface area contributed by atoms with Crippen LogP contribution >= 0.6 is 15.9 Å². The number of carbonyl (C=O) groups excluding carboxylic acids is 2. The Bertz CT molecular complexity index is 369. The lowest BCUT2D eigenvalue weighted by Gasteiger charge is -2.16. The molecule has 94 valence electrons. The van der Waals surface area contributed by atoms with Crippen LogP contribution in [0.3, 0.4) is 0 Å². The maximum Gasteiger partial charge on any atom is 0.326 e. The molecule has 2 amide bonds. The summed E-state index contributed by atoms with van der Waals surface area (Å²) in [6.45, 7) is 3.53. The van der Waals surface area contributed by atoms with Crippen LogP contribution in [0.1, 0.15) is 19.3 Å². The zero-order valence-electron chi connectivity index (χ0n) is 9.03. The number of carbonyl (C=O) groups is 3. The molecular weight excluding hydrogens is 292 g/mol. The third kappa shape index (κ3) is 4.18. The van der Waals surface area contributed by atoms with Crippen molar-refractivity contribution in [3.63, 3.8) is 0 Å². The summed E-state index contributed by atoms with van der Waals surface area (Å²) < 4.78 is 0.487. The Morgan fingerprint density at radius 2 is 2.29 bits per heavy atom. The van der Waals surface area contributed by atoms with Gasteiger partial charge in [0, 0.05) is 12.8 Å². The van der Waals surface area contributed by atoms with Crippen LogP contribution in [0, 0.1) is 0 Å². The normalized spacial score (nSPS) is 20.5. The summed E-state index contributed by atoms with van der Waals surface area (Å²) in [5, 5.41) is 13.7. The van der Waals surface area contributed by atoms with Gasteiger partial charge in [-0.1, -0.05) is 22.5 Å². The van der Waals surface area contributed by atoms with Gasteiger partial charge in [0.1, 0.15) is 12.1 Å². The molecule has 6 nitrogen and oxygen atoms in total. The maximum atomic E-state index is 11.7. The van der Waals surface area contributed by atoms with Gasteiger partial charge < -0.3 is 15.7 Å². The molecule has 0 aromatic heterocycles. The average Bonchev–Trinajstić information content (AvgIpc) is 2.63. The minimum Gasteiger partial charge on any atom is -0.480 e. The highest BCUT2D eigenvalue weighted by molar-refractivity contribution is 9.11. The highest BCUT2D eigenvalue weighted by atomic mass is 79.9. The molecule has 3 N–H and O–H groups in total. The molecule has 7 heteroatoms. The first-order valence-electron chi connectivity index (χ1n) is 5.06. The Morgan fingerprint density at radius 3 is 2.71 bits per heavy atom. The van der Waals surface area contributed by atoms with Crippen LogP contribution in [0.5, 0.6) is 0 Å². The Hall–Kier alpha value is -1.37. The summed E-state index contributed by atoms with van der Waals surface area (Å²) in [5.74, 6) is -1.80. The minimum atomic E-state index is -1.14. The van der Waals surface area contributed by atoms with Gasteiger partial charge in [-0.05, 0) is 10.9 Å². The molecular formula is C10H13BrN2O4. The number of carboxylic acid groups (broad SMARTS) is 1. The molecule has 1 aliphatic heterocycles. The second kappa shape index (κ2) is 5.81. The quantitative estimate of drug-likeness (QED) is 0.673. The van der Waals surface area contributed by atoms with E-state index in [0.29, 0.717) is 17.3 Å². The van der Waals surface area contributed by atoms with Gasteiger partial charge in [-0.3, -0.25) is 9.59 Å². The molecule has 1 fully saturated rings. The van der Waals surface area contributed by atoms with E-state index in [-0.39, 0.29) is 12.3 Å². The van der Waals surface area contributed by atoms with Gasteiger partial charge in [0.2, 0.25) is 11.8 Å². The fraction of sp³-hybridized carbons (Fsp3) is 0.500. The van der Waals surface area contributed by atoms with Gasteiger partial charge in [0.25, 0.3) is 0 Å². The molecule has 1 heterocycles. The fourth-order valence-corrected chi connectivity index (χ4v) is 1.83. The molecule has 0 radical (unpaired) electrons. The Labute approximate surface area is 107 Å². The standard InChI is InChI=1S/C10H13BrN2O4/c1-5(11)4-7(10(16)17)13-9(15)6-2-3-8(14)12-6/h6-7H,1-4H2,(H,12,14)(H,13,15)(H,16,17)/t6-,7+/m1/s1. The average molecular weight is 305 g/mol. The number of aliphatic carboxylic acids is 1. The van der Waals surface area contributed by atoms with E-state index < -0.39 is 24.0 Å². The van der Waals surface area contributed by atoms with Crippen LogP contribution in [0.2, 0.25) is 0 Å². The van der Waals surface area contributed by atoms with Crippen molar-refractivity contribution in [3.8, 4) is 0 Å². The molecule has 0 aliphatic carbocycles. The Morgan fingerprint density at radius 1 is 1.65 bits per heavy atom. The van der Waals surface area contributed by atoms with Crippen molar-refractivity contribution in [1.82, 2.24) is 10.6 Å². The third-order valence-corrected chi connectivity index (χ3v) is 2.68. The van der Waals surface area contributed by atoms with E-state index in [1.54, 1.807) is 0 Å². The SMILES string of the molecule is C=C(Br)C[C@H](NC(=O)[C@H]1CCC(=O)N1)C(=O)O. The van der Waals surface area contributed by atoms with Crippen molar-refractivity contribution < 1.29 is 19.5 Å². The van der Waals surface area contributed by atoms with Gasteiger partial charge in [0.05, 0.1) is 0 Å². The minimum absolute atomic E-state index is 0.0989. The summed E-state index contributed by atoms with van der Waals surface area (Å²) in [7, 11) is 0. The van der Waals surface area contributed by atoms with E-state index in [2.05, 4.69) is 33.1 Å². The van der Waals surface area contributed by atoms with Crippen LogP contribution in [-0.4, -0.2) is 35.0 Å². The number of halogens is 1. The summed E-state index contributed by atoms with van der Waals surface area (Å²) in [6.07, 6.45) is 0.787. The molecule has 1 rings (SSSR count). The molecule has 1 saturated heterocycles. The topological polar surface area (TPSA) is 95.5 Å². The lowest BCUT2D eigenvalue weighted by molar-refractivity contribution is -0.142. The molecule has 0 spiro atoms. The van der Waals surface area contributed by atoms with Gasteiger partial charge in [-0.25, -0.2) is 4.79 Å². The molecule has 0 saturated carbocycles. The zero-order valence-corrected chi connectivity index (χ0v) is 10.6. The van der Waals surface area contributed by atoms with E-state index in [0.717, 1.165) is 0 Å². The van der Waals surface area contributed by atoms with Crippen molar-refractivity contribution >= 4 is 33.7 Å².